The molecule has 2 N–H and O–H groups in total. The molecule has 1 aliphatic rings. The van der Waals surface area contributed by atoms with Crippen molar-refractivity contribution < 1.29 is 9.90 Å². The van der Waals surface area contributed by atoms with Crippen molar-refractivity contribution in [2.75, 3.05) is 5.01 Å². The SMILES string of the molecule is CC1=NN(c2ccc(Br)cc2)C(=O)/C1=C\c1c(O)n(C)c(=O)[nH]c1=O. The number of hydrogen-bond acceptors (Lipinski definition) is 5. The van der Waals surface area contributed by atoms with Gasteiger partial charge in [0.2, 0.25) is 5.88 Å². The van der Waals surface area contributed by atoms with Crippen molar-refractivity contribution in [3.8, 4) is 5.88 Å². The van der Waals surface area contributed by atoms with Crippen LogP contribution in [0.3, 0.4) is 0 Å². The van der Waals surface area contributed by atoms with E-state index in [-0.39, 0.29) is 11.1 Å². The number of halogens is 1. The van der Waals surface area contributed by atoms with Gasteiger partial charge in [-0.15, -0.1) is 0 Å². The average molecular weight is 405 g/mol. The summed E-state index contributed by atoms with van der Waals surface area (Å²) in [7, 11) is 1.31. The molecule has 1 aliphatic heterocycles. The van der Waals surface area contributed by atoms with Crippen molar-refractivity contribution in [3.05, 3.63) is 60.7 Å². The number of benzene rings is 1. The highest BCUT2D eigenvalue weighted by atomic mass is 79.9. The quantitative estimate of drug-likeness (QED) is 0.736. The van der Waals surface area contributed by atoms with Crippen LogP contribution in [0, 0.1) is 0 Å². The van der Waals surface area contributed by atoms with Crippen molar-refractivity contribution in [1.82, 2.24) is 9.55 Å². The van der Waals surface area contributed by atoms with Gasteiger partial charge in [0.15, 0.2) is 0 Å². The van der Waals surface area contributed by atoms with E-state index >= 15 is 0 Å². The van der Waals surface area contributed by atoms with Gasteiger partial charge in [-0.1, -0.05) is 15.9 Å². The molecule has 3 rings (SSSR count). The number of H-pyrrole nitrogens is 1. The first-order chi connectivity index (χ1) is 11.8. The van der Waals surface area contributed by atoms with Crippen LogP contribution < -0.4 is 16.3 Å². The van der Waals surface area contributed by atoms with Crippen LogP contribution in [0.4, 0.5) is 5.69 Å². The van der Waals surface area contributed by atoms with E-state index in [4.69, 9.17) is 0 Å². The summed E-state index contributed by atoms with van der Waals surface area (Å²) in [5, 5.41) is 15.4. The van der Waals surface area contributed by atoms with E-state index in [2.05, 4.69) is 26.0 Å². The fourth-order valence-electron chi connectivity index (χ4n) is 2.34. The first-order valence-corrected chi connectivity index (χ1v) is 7.98. The second-order valence-electron chi connectivity index (χ2n) is 5.39. The lowest BCUT2D eigenvalue weighted by Gasteiger charge is -2.11. The molecule has 2 aromatic rings. The normalized spacial score (nSPS) is 15.8. The molecule has 0 aliphatic carbocycles. The number of nitrogens with one attached hydrogen (secondary N) is 1. The molecule has 0 unspecified atom stereocenters. The Morgan fingerprint density at radius 1 is 1.20 bits per heavy atom. The minimum absolute atomic E-state index is 0.155. The lowest BCUT2D eigenvalue weighted by molar-refractivity contribution is -0.114. The Labute approximate surface area is 149 Å². The molecule has 2 heterocycles. The van der Waals surface area contributed by atoms with Gasteiger partial charge < -0.3 is 5.11 Å². The van der Waals surface area contributed by atoms with E-state index < -0.39 is 23.0 Å². The van der Waals surface area contributed by atoms with Crippen LogP contribution >= 0.6 is 15.9 Å². The summed E-state index contributed by atoms with van der Waals surface area (Å²) in [5.74, 6) is -0.962. The van der Waals surface area contributed by atoms with E-state index in [1.54, 1.807) is 31.2 Å². The van der Waals surface area contributed by atoms with Crippen LogP contribution in [0.5, 0.6) is 5.88 Å². The topological polar surface area (TPSA) is 108 Å². The molecule has 0 bridgehead atoms. The highest BCUT2D eigenvalue weighted by Gasteiger charge is 2.29. The molecule has 25 heavy (non-hydrogen) atoms. The second-order valence-corrected chi connectivity index (χ2v) is 6.31. The highest BCUT2D eigenvalue weighted by molar-refractivity contribution is 9.10. The molecule has 128 valence electrons. The molecular weight excluding hydrogens is 392 g/mol. The minimum atomic E-state index is -0.782. The van der Waals surface area contributed by atoms with Gasteiger partial charge in [0.05, 0.1) is 17.0 Å². The Balaban J connectivity index is 2.07. The number of nitrogens with zero attached hydrogens (tertiary/aromatic N) is 3. The van der Waals surface area contributed by atoms with Crippen LogP contribution in [-0.2, 0) is 11.8 Å². The van der Waals surface area contributed by atoms with Gasteiger partial charge in [-0.3, -0.25) is 19.1 Å². The van der Waals surface area contributed by atoms with Gasteiger partial charge in [0, 0.05) is 11.5 Å². The lowest BCUT2D eigenvalue weighted by Crippen LogP contribution is -2.30. The van der Waals surface area contributed by atoms with E-state index in [9.17, 15) is 19.5 Å². The van der Waals surface area contributed by atoms with Crippen molar-refractivity contribution in [1.29, 1.82) is 0 Å². The van der Waals surface area contributed by atoms with E-state index in [0.29, 0.717) is 11.4 Å². The minimum Gasteiger partial charge on any atom is -0.494 e. The Hall–Kier alpha value is -2.94. The molecule has 0 atom stereocenters. The Bertz CT molecular complexity index is 1050. The summed E-state index contributed by atoms with van der Waals surface area (Å²) in [4.78, 5) is 38.2. The van der Waals surface area contributed by atoms with Crippen LogP contribution in [-0.4, -0.2) is 26.3 Å². The molecule has 0 saturated carbocycles. The van der Waals surface area contributed by atoms with Gasteiger partial charge in [-0.2, -0.15) is 10.1 Å². The smallest absolute Gasteiger partial charge is 0.330 e. The predicted molar refractivity (Wildman–Crippen MR) is 96.7 cm³/mol. The first-order valence-electron chi connectivity index (χ1n) is 7.19. The molecule has 1 aromatic heterocycles. The number of carbonyl (C=O) groups is 1. The van der Waals surface area contributed by atoms with Gasteiger partial charge in [0.25, 0.3) is 11.5 Å². The van der Waals surface area contributed by atoms with E-state index in [1.165, 1.54) is 18.1 Å². The maximum atomic E-state index is 12.6. The van der Waals surface area contributed by atoms with Crippen molar-refractivity contribution >= 4 is 39.3 Å². The molecule has 0 saturated heterocycles. The summed E-state index contributed by atoms with van der Waals surface area (Å²) in [6.45, 7) is 1.62. The molecule has 0 radical (unpaired) electrons. The van der Waals surface area contributed by atoms with E-state index in [1.807, 2.05) is 0 Å². The van der Waals surface area contributed by atoms with Gasteiger partial charge in [0.1, 0.15) is 5.56 Å². The number of rotatable bonds is 2. The molecule has 9 heteroatoms. The predicted octanol–water partition coefficient (Wildman–Crippen LogP) is 1.35. The van der Waals surface area contributed by atoms with Crippen LogP contribution in [0.2, 0.25) is 0 Å². The summed E-state index contributed by atoms with van der Waals surface area (Å²) in [6, 6.07) is 6.99. The molecule has 0 fully saturated rings. The first kappa shape index (κ1) is 16.9. The number of carbonyl (C=O) groups excluding carboxylic acids is 1. The van der Waals surface area contributed by atoms with Gasteiger partial charge in [-0.05, 0) is 37.3 Å². The number of aromatic nitrogens is 2. The van der Waals surface area contributed by atoms with Crippen molar-refractivity contribution in [2.45, 2.75) is 6.92 Å². The second kappa shape index (κ2) is 6.17. The van der Waals surface area contributed by atoms with E-state index in [0.717, 1.165) is 9.04 Å². The third-order valence-corrected chi connectivity index (χ3v) is 4.28. The third-order valence-electron chi connectivity index (χ3n) is 3.75. The maximum absolute atomic E-state index is 12.6. The summed E-state index contributed by atoms with van der Waals surface area (Å²) in [5.41, 5.74) is -0.602. The molecule has 0 spiro atoms. The number of amides is 1. The third kappa shape index (κ3) is 2.93. The summed E-state index contributed by atoms with van der Waals surface area (Å²) < 4.78 is 1.74. The number of aromatic amines is 1. The fourth-order valence-corrected chi connectivity index (χ4v) is 2.61. The average Bonchev–Trinajstić information content (AvgIpc) is 2.85. The van der Waals surface area contributed by atoms with Gasteiger partial charge in [-0.25, -0.2) is 4.79 Å². The lowest BCUT2D eigenvalue weighted by atomic mass is 10.1. The van der Waals surface area contributed by atoms with Crippen molar-refractivity contribution in [3.63, 3.8) is 0 Å². The standard InChI is InChI=1S/C16H13BrN4O4/c1-8-11(7-12-13(22)18-16(25)20(2)14(12)23)15(24)21(19-8)10-5-3-9(17)4-6-10/h3-7,23H,1-2H3,(H,18,22,25)/b11-7-. The monoisotopic (exact) mass is 404 g/mol. The zero-order valence-corrected chi connectivity index (χ0v) is 14.9. The molecule has 8 nitrogen and oxygen atoms in total. The Morgan fingerprint density at radius 3 is 2.48 bits per heavy atom. The number of hydrogen-bond donors (Lipinski definition) is 2. The van der Waals surface area contributed by atoms with Crippen LogP contribution in [0.25, 0.3) is 6.08 Å². The largest absolute Gasteiger partial charge is 0.494 e. The molecule has 1 amide bonds. The number of hydrazone groups is 1. The summed E-state index contributed by atoms with van der Waals surface area (Å²) >= 11 is 3.32. The van der Waals surface area contributed by atoms with Crippen molar-refractivity contribution in [2.24, 2.45) is 12.1 Å². The highest BCUT2D eigenvalue weighted by Crippen LogP contribution is 2.26. The molecule has 1 aromatic carbocycles. The van der Waals surface area contributed by atoms with Crippen LogP contribution in [0.15, 0.2) is 49.0 Å². The number of anilines is 1. The van der Waals surface area contributed by atoms with Crippen LogP contribution in [0.1, 0.15) is 12.5 Å². The Kier molecular flexibility index (Phi) is 4.17. The zero-order chi connectivity index (χ0) is 18.3. The maximum Gasteiger partial charge on any atom is 0.330 e. The fraction of sp³-hybridized carbons (Fsp3) is 0.125. The number of aromatic hydroxyl groups is 1. The zero-order valence-electron chi connectivity index (χ0n) is 13.3. The summed E-state index contributed by atoms with van der Waals surface area (Å²) in [6.07, 6.45) is 1.23. The molecular formula is C16H13BrN4O4. The Morgan fingerprint density at radius 2 is 1.84 bits per heavy atom. The van der Waals surface area contributed by atoms with Gasteiger partial charge >= 0.3 is 5.69 Å².